The Morgan fingerprint density at radius 2 is 2.33 bits per heavy atom. The lowest BCUT2D eigenvalue weighted by Crippen LogP contribution is -2.11. The molecular weight excluding hydrogens is 253 g/mol. The molecule has 1 heterocycles. The van der Waals surface area contributed by atoms with Crippen molar-refractivity contribution in [2.24, 2.45) is 12.8 Å². The van der Waals surface area contributed by atoms with E-state index in [9.17, 15) is 4.39 Å². The van der Waals surface area contributed by atoms with Gasteiger partial charge in [0, 0.05) is 18.4 Å². The number of aromatic nitrogens is 3. The molecule has 18 heavy (non-hydrogen) atoms. The molecule has 0 aliphatic rings. The Kier molecular flexibility index (Phi) is 3.61. The van der Waals surface area contributed by atoms with Gasteiger partial charge in [-0.2, -0.15) is 5.10 Å². The molecule has 0 amide bonds. The third-order valence-corrected chi connectivity index (χ3v) is 3.47. The summed E-state index contributed by atoms with van der Waals surface area (Å²) in [5.41, 5.74) is 6.23. The molecule has 3 N–H and O–H groups in total. The van der Waals surface area contributed by atoms with Crippen LogP contribution in [0.3, 0.4) is 0 Å². The van der Waals surface area contributed by atoms with Crippen LogP contribution in [0.2, 0.25) is 0 Å². The second-order valence-corrected chi connectivity index (χ2v) is 4.62. The van der Waals surface area contributed by atoms with Gasteiger partial charge in [0.2, 0.25) is 0 Å². The monoisotopic (exact) mass is 265 g/mol. The maximum absolute atomic E-state index is 13.7. The van der Waals surface area contributed by atoms with E-state index >= 15 is 0 Å². The van der Waals surface area contributed by atoms with Crippen molar-refractivity contribution in [1.29, 1.82) is 5.41 Å². The molecule has 94 valence electrons. The predicted octanol–water partition coefficient (Wildman–Crippen LogP) is 1.53. The summed E-state index contributed by atoms with van der Waals surface area (Å²) in [5.74, 6) is -0.0462. The summed E-state index contributed by atoms with van der Waals surface area (Å²) in [6.07, 6.45) is 1.46. The van der Waals surface area contributed by atoms with Crippen molar-refractivity contribution < 1.29 is 4.39 Å². The Morgan fingerprint density at radius 1 is 1.56 bits per heavy atom. The van der Waals surface area contributed by atoms with Gasteiger partial charge in [-0.25, -0.2) is 14.1 Å². The molecule has 0 saturated carbocycles. The number of nitrogens with two attached hydrogens (primary N) is 1. The lowest BCUT2D eigenvalue weighted by molar-refractivity contribution is 0.616. The Morgan fingerprint density at radius 3 is 2.89 bits per heavy atom. The van der Waals surface area contributed by atoms with Crippen LogP contribution in [-0.4, -0.2) is 20.6 Å². The lowest BCUT2D eigenvalue weighted by Gasteiger charge is -2.05. The molecule has 0 spiro atoms. The van der Waals surface area contributed by atoms with Gasteiger partial charge in [0.15, 0.2) is 5.16 Å². The van der Waals surface area contributed by atoms with Gasteiger partial charge < -0.3 is 5.73 Å². The summed E-state index contributed by atoms with van der Waals surface area (Å²) < 4.78 is 15.4. The Bertz CT molecular complexity index is 581. The number of nitrogens with one attached hydrogen (secondary N) is 1. The predicted molar refractivity (Wildman–Crippen MR) is 68.0 cm³/mol. The molecule has 1 aromatic carbocycles. The fraction of sp³-hybridized carbons (Fsp3) is 0.182. The Balaban J connectivity index is 2.11. The van der Waals surface area contributed by atoms with Crippen LogP contribution in [-0.2, 0) is 12.8 Å². The van der Waals surface area contributed by atoms with E-state index in [1.165, 1.54) is 24.2 Å². The topological polar surface area (TPSA) is 80.6 Å². The molecule has 0 radical (unpaired) electrons. The number of thioether (sulfide) groups is 1. The zero-order valence-corrected chi connectivity index (χ0v) is 10.5. The first-order valence-electron chi connectivity index (χ1n) is 5.17. The van der Waals surface area contributed by atoms with Crippen LogP contribution in [0.4, 0.5) is 4.39 Å². The van der Waals surface area contributed by atoms with Crippen LogP contribution in [0.25, 0.3) is 0 Å². The van der Waals surface area contributed by atoms with Crippen LogP contribution < -0.4 is 5.73 Å². The molecule has 0 aliphatic heterocycles. The number of rotatable bonds is 4. The van der Waals surface area contributed by atoms with E-state index < -0.39 is 0 Å². The molecule has 0 saturated heterocycles. The molecule has 1 aromatic heterocycles. The van der Waals surface area contributed by atoms with E-state index in [4.69, 9.17) is 11.1 Å². The van der Waals surface area contributed by atoms with E-state index in [1.54, 1.807) is 23.9 Å². The van der Waals surface area contributed by atoms with Gasteiger partial charge in [0.05, 0.1) is 0 Å². The summed E-state index contributed by atoms with van der Waals surface area (Å²) in [5, 5.41) is 11.9. The van der Waals surface area contributed by atoms with Gasteiger partial charge in [-0.15, -0.1) is 0 Å². The van der Waals surface area contributed by atoms with E-state index in [2.05, 4.69) is 10.1 Å². The quantitative estimate of drug-likeness (QED) is 0.499. The summed E-state index contributed by atoms with van der Waals surface area (Å²) in [4.78, 5) is 4.04. The second-order valence-electron chi connectivity index (χ2n) is 3.67. The first-order valence-corrected chi connectivity index (χ1v) is 6.16. The fourth-order valence-electron chi connectivity index (χ4n) is 1.39. The molecule has 5 nitrogen and oxygen atoms in total. The highest BCUT2D eigenvalue weighted by molar-refractivity contribution is 7.98. The molecular formula is C11H12FN5S. The third-order valence-electron chi connectivity index (χ3n) is 2.39. The highest BCUT2D eigenvalue weighted by Crippen LogP contribution is 2.22. The van der Waals surface area contributed by atoms with Gasteiger partial charge in [-0.3, -0.25) is 5.41 Å². The van der Waals surface area contributed by atoms with Crippen LogP contribution in [0.1, 0.15) is 11.1 Å². The molecule has 0 fully saturated rings. The number of amidine groups is 1. The molecule has 2 aromatic rings. The minimum Gasteiger partial charge on any atom is -0.384 e. The summed E-state index contributed by atoms with van der Waals surface area (Å²) in [7, 11) is 1.78. The van der Waals surface area contributed by atoms with Crippen molar-refractivity contribution in [1.82, 2.24) is 14.8 Å². The maximum Gasteiger partial charge on any atom is 0.186 e. The number of halogens is 1. The van der Waals surface area contributed by atoms with Crippen LogP contribution in [0.5, 0.6) is 0 Å². The number of benzene rings is 1. The van der Waals surface area contributed by atoms with E-state index in [0.29, 0.717) is 16.9 Å². The Hall–Kier alpha value is -1.89. The summed E-state index contributed by atoms with van der Waals surface area (Å²) in [6, 6.07) is 4.54. The van der Waals surface area contributed by atoms with Crippen molar-refractivity contribution in [2.45, 2.75) is 10.9 Å². The number of hydrogen-bond acceptors (Lipinski definition) is 4. The van der Waals surface area contributed by atoms with E-state index in [0.717, 1.165) is 5.16 Å². The molecule has 0 atom stereocenters. The van der Waals surface area contributed by atoms with Gasteiger partial charge >= 0.3 is 0 Å². The van der Waals surface area contributed by atoms with Gasteiger partial charge in [0.1, 0.15) is 18.0 Å². The normalized spacial score (nSPS) is 10.6. The van der Waals surface area contributed by atoms with Gasteiger partial charge in [-0.05, 0) is 11.6 Å². The highest BCUT2D eigenvalue weighted by Gasteiger charge is 2.08. The molecule has 0 aliphatic carbocycles. The van der Waals surface area contributed by atoms with E-state index in [-0.39, 0.29) is 11.7 Å². The van der Waals surface area contributed by atoms with Gasteiger partial charge in [-0.1, -0.05) is 23.9 Å². The first-order chi connectivity index (χ1) is 8.58. The first kappa shape index (κ1) is 12.6. The molecule has 7 heteroatoms. The van der Waals surface area contributed by atoms with Crippen molar-refractivity contribution >= 4 is 17.6 Å². The number of aryl methyl sites for hydroxylation is 1. The van der Waals surface area contributed by atoms with E-state index in [1.807, 2.05) is 0 Å². The molecule has 0 bridgehead atoms. The SMILES string of the molecule is Cn1ncnc1SCc1ccc(C(=N)N)cc1F. The van der Waals surface area contributed by atoms with Crippen LogP contribution in [0.15, 0.2) is 29.7 Å². The van der Waals surface area contributed by atoms with Crippen LogP contribution >= 0.6 is 11.8 Å². The Labute approximate surface area is 108 Å². The zero-order chi connectivity index (χ0) is 13.1. The number of nitrogen functional groups attached to an aromatic ring is 1. The second kappa shape index (κ2) is 5.18. The smallest absolute Gasteiger partial charge is 0.186 e. The lowest BCUT2D eigenvalue weighted by atomic mass is 10.1. The van der Waals surface area contributed by atoms with Crippen molar-refractivity contribution in [3.63, 3.8) is 0 Å². The average Bonchev–Trinajstić information content (AvgIpc) is 2.73. The fourth-order valence-corrected chi connectivity index (χ4v) is 2.26. The minimum absolute atomic E-state index is 0.138. The third kappa shape index (κ3) is 2.67. The number of hydrogen-bond donors (Lipinski definition) is 2. The minimum atomic E-state index is -0.364. The molecule has 0 unspecified atom stereocenters. The standard InChI is InChI=1S/C11H12FN5S/c1-17-11(15-6-16-17)18-5-8-3-2-7(10(13)14)4-9(8)12/h2-4,6H,5H2,1H3,(H3,13,14). The summed E-state index contributed by atoms with van der Waals surface area (Å²) in [6.45, 7) is 0. The summed E-state index contributed by atoms with van der Waals surface area (Å²) >= 11 is 1.40. The van der Waals surface area contributed by atoms with Crippen molar-refractivity contribution in [2.75, 3.05) is 0 Å². The largest absolute Gasteiger partial charge is 0.384 e. The highest BCUT2D eigenvalue weighted by atomic mass is 32.2. The number of nitrogens with zero attached hydrogens (tertiary/aromatic N) is 3. The zero-order valence-electron chi connectivity index (χ0n) is 9.72. The molecule has 2 rings (SSSR count). The van der Waals surface area contributed by atoms with Gasteiger partial charge in [0.25, 0.3) is 0 Å². The average molecular weight is 265 g/mol. The van der Waals surface area contributed by atoms with Crippen LogP contribution in [0, 0.1) is 11.2 Å². The van der Waals surface area contributed by atoms with Crippen molar-refractivity contribution in [3.8, 4) is 0 Å². The van der Waals surface area contributed by atoms with Crippen molar-refractivity contribution in [3.05, 3.63) is 41.5 Å². The maximum atomic E-state index is 13.7.